The topological polar surface area (TPSA) is 27.7 Å². The Hall–Kier alpha value is -1.98. The summed E-state index contributed by atoms with van der Waals surface area (Å²) in [5.74, 6) is 1.30. The molecule has 3 unspecified atom stereocenters. The number of allylic oxidation sites excluding steroid dienone is 2. The monoisotopic (exact) mass is 532 g/mol. The van der Waals surface area contributed by atoms with Gasteiger partial charge in [-0.1, -0.05) is 106 Å². The van der Waals surface area contributed by atoms with Gasteiger partial charge in [0.25, 0.3) is 8.32 Å². The van der Waals surface area contributed by atoms with Crippen LogP contribution in [0.3, 0.4) is 0 Å². The van der Waals surface area contributed by atoms with Crippen LogP contribution < -0.4 is 10.4 Å². The molecule has 1 saturated carbocycles. The third-order valence-corrected chi connectivity index (χ3v) is 14.1. The first-order chi connectivity index (χ1) is 18.3. The fourth-order valence-electron chi connectivity index (χ4n) is 7.50. The maximum absolute atomic E-state index is 7.20. The zero-order valence-corrected chi connectivity index (χ0v) is 25.2. The van der Waals surface area contributed by atoms with Crippen molar-refractivity contribution in [2.75, 3.05) is 20.5 Å². The third kappa shape index (κ3) is 5.51. The second-order valence-electron chi connectivity index (χ2n) is 12.4. The molecule has 0 aromatic heterocycles. The molecular weight excluding hydrogens is 484 g/mol. The van der Waals surface area contributed by atoms with E-state index in [9.17, 15) is 0 Å². The molecule has 4 heteroatoms. The summed E-state index contributed by atoms with van der Waals surface area (Å²) in [7, 11) is -0.792. The molecule has 2 aliphatic carbocycles. The number of hydrogen-bond acceptors (Lipinski definition) is 3. The van der Waals surface area contributed by atoms with Crippen LogP contribution in [0.4, 0.5) is 0 Å². The molecule has 0 bridgehead atoms. The second-order valence-corrected chi connectivity index (χ2v) is 16.8. The van der Waals surface area contributed by atoms with Crippen LogP contribution >= 0.6 is 0 Å². The molecule has 0 aliphatic heterocycles. The lowest BCUT2D eigenvalue weighted by Crippen LogP contribution is -2.66. The molecule has 3 nitrogen and oxygen atoms in total. The van der Waals surface area contributed by atoms with E-state index in [4.69, 9.17) is 13.9 Å². The molecule has 0 spiro atoms. The number of benzene rings is 2. The summed E-state index contributed by atoms with van der Waals surface area (Å²) >= 11 is 0. The van der Waals surface area contributed by atoms with E-state index in [-0.39, 0.29) is 16.6 Å². The predicted octanol–water partition coefficient (Wildman–Crippen LogP) is 7.27. The van der Waals surface area contributed by atoms with Crippen LogP contribution in [0.25, 0.3) is 0 Å². The average molecular weight is 533 g/mol. The summed E-state index contributed by atoms with van der Waals surface area (Å²) in [6, 6.07) is 21.9. The van der Waals surface area contributed by atoms with Gasteiger partial charge in [0.15, 0.2) is 0 Å². The van der Waals surface area contributed by atoms with Crippen molar-refractivity contribution in [2.24, 2.45) is 17.3 Å². The maximum atomic E-state index is 7.20. The van der Waals surface area contributed by atoms with Gasteiger partial charge in [-0.25, -0.2) is 0 Å². The molecular formula is C34H48O3Si. The number of methoxy groups -OCH3 is 1. The number of hydrogen-bond donors (Lipinski definition) is 0. The highest BCUT2D eigenvalue weighted by atomic mass is 28.4. The standard InChI is InChI=1S/C34H48O3Si/c1-7-22-34-28(20-21-29(34)24-27(2)25-32(34)36-26-35-6)15-14-23-37-38(33(3,4)5,30-16-10-8-11-17-30)31-18-12-9-13-19-31/h7-13,16-20,27,29,32H,1,14-15,21-26H2,2-6H3/t27?,29-,32?,34?/m1/s1. The Morgan fingerprint density at radius 1 is 1.00 bits per heavy atom. The largest absolute Gasteiger partial charge is 0.407 e. The van der Waals surface area contributed by atoms with Gasteiger partial charge in [0.1, 0.15) is 6.79 Å². The summed E-state index contributed by atoms with van der Waals surface area (Å²) < 4.78 is 18.9. The average Bonchev–Trinajstić information content (AvgIpc) is 3.25. The first-order valence-corrected chi connectivity index (χ1v) is 16.4. The summed E-state index contributed by atoms with van der Waals surface area (Å²) in [6.07, 6.45) is 11.3. The molecule has 0 saturated heterocycles. The van der Waals surface area contributed by atoms with Crippen molar-refractivity contribution >= 4 is 18.7 Å². The van der Waals surface area contributed by atoms with Crippen molar-refractivity contribution in [2.45, 2.75) is 77.4 Å². The van der Waals surface area contributed by atoms with Crippen LogP contribution in [0.15, 0.2) is 85.0 Å². The lowest BCUT2D eigenvalue weighted by molar-refractivity contribution is -0.143. The molecule has 0 N–H and O–H groups in total. The summed E-state index contributed by atoms with van der Waals surface area (Å²) in [5.41, 5.74) is 1.60. The van der Waals surface area contributed by atoms with E-state index in [1.807, 2.05) is 0 Å². The Morgan fingerprint density at radius 2 is 1.63 bits per heavy atom. The van der Waals surface area contributed by atoms with Crippen LogP contribution in [0.1, 0.15) is 66.2 Å². The van der Waals surface area contributed by atoms with Crippen LogP contribution in [0.5, 0.6) is 0 Å². The first kappa shape index (κ1) is 29.0. The minimum absolute atomic E-state index is 0.00388. The van der Waals surface area contributed by atoms with Crippen LogP contribution in [-0.2, 0) is 13.9 Å². The van der Waals surface area contributed by atoms with Gasteiger partial charge in [-0.3, -0.25) is 0 Å². The minimum Gasteiger partial charge on any atom is -0.407 e. The van der Waals surface area contributed by atoms with Crippen LogP contribution in [-0.4, -0.2) is 34.9 Å². The molecule has 0 radical (unpaired) electrons. The second kappa shape index (κ2) is 12.5. The van der Waals surface area contributed by atoms with Crippen molar-refractivity contribution in [3.05, 3.63) is 85.0 Å². The Bertz CT molecular complexity index is 1020. The SMILES string of the molecule is C=CCC12C(CCCO[Si](c3ccccc3)(c3ccccc3)C(C)(C)C)=CC[C@@H]1CC(C)CC2OCOC. The van der Waals surface area contributed by atoms with Gasteiger partial charge in [-0.05, 0) is 65.8 Å². The van der Waals surface area contributed by atoms with Crippen molar-refractivity contribution < 1.29 is 13.9 Å². The number of fused-ring (bicyclic) bond motifs is 1. The highest BCUT2D eigenvalue weighted by molar-refractivity contribution is 6.99. The zero-order valence-electron chi connectivity index (χ0n) is 24.2. The Labute approximate surface area is 232 Å². The van der Waals surface area contributed by atoms with E-state index in [1.165, 1.54) is 16.8 Å². The van der Waals surface area contributed by atoms with E-state index in [1.54, 1.807) is 12.7 Å². The number of rotatable bonds is 12. The molecule has 1 fully saturated rings. The zero-order chi connectivity index (χ0) is 27.2. The van der Waals surface area contributed by atoms with Crippen molar-refractivity contribution in [1.82, 2.24) is 0 Å². The third-order valence-electron chi connectivity index (χ3n) is 9.05. The highest BCUT2D eigenvalue weighted by Gasteiger charge is 2.54. The van der Waals surface area contributed by atoms with Crippen LogP contribution in [0, 0.1) is 17.3 Å². The minimum atomic E-state index is -2.51. The molecule has 206 valence electrons. The Balaban J connectivity index is 1.56. The predicted molar refractivity (Wildman–Crippen MR) is 161 cm³/mol. The van der Waals surface area contributed by atoms with E-state index in [2.05, 4.69) is 107 Å². The fourth-order valence-corrected chi connectivity index (χ4v) is 12.1. The Morgan fingerprint density at radius 3 is 2.18 bits per heavy atom. The van der Waals surface area contributed by atoms with E-state index >= 15 is 0 Å². The molecule has 0 amide bonds. The van der Waals surface area contributed by atoms with Crippen molar-refractivity contribution in [3.8, 4) is 0 Å². The van der Waals surface area contributed by atoms with Gasteiger partial charge >= 0.3 is 0 Å². The summed E-state index contributed by atoms with van der Waals surface area (Å²) in [4.78, 5) is 0. The van der Waals surface area contributed by atoms with Gasteiger partial charge in [0, 0.05) is 19.1 Å². The van der Waals surface area contributed by atoms with Gasteiger partial charge in [0.2, 0.25) is 0 Å². The lowest BCUT2D eigenvalue weighted by atomic mass is 9.58. The van der Waals surface area contributed by atoms with Crippen molar-refractivity contribution in [3.63, 3.8) is 0 Å². The molecule has 0 heterocycles. The summed E-state index contributed by atoms with van der Waals surface area (Å²) in [6.45, 7) is 14.7. The first-order valence-electron chi connectivity index (χ1n) is 14.5. The number of ether oxygens (including phenoxy) is 2. The smallest absolute Gasteiger partial charge is 0.261 e. The normalized spacial score (nSPS) is 25.6. The van der Waals surface area contributed by atoms with Crippen molar-refractivity contribution in [1.29, 1.82) is 0 Å². The van der Waals surface area contributed by atoms with Gasteiger partial charge in [-0.2, -0.15) is 0 Å². The maximum Gasteiger partial charge on any atom is 0.261 e. The van der Waals surface area contributed by atoms with Gasteiger partial charge < -0.3 is 13.9 Å². The van der Waals surface area contributed by atoms with Gasteiger partial charge in [-0.15, -0.1) is 6.58 Å². The van der Waals surface area contributed by atoms with Crippen LogP contribution in [0.2, 0.25) is 5.04 Å². The molecule has 2 aliphatic rings. The molecule has 2 aromatic carbocycles. The fraction of sp³-hybridized carbons (Fsp3) is 0.529. The molecule has 2 aromatic rings. The Kier molecular flexibility index (Phi) is 9.52. The van der Waals surface area contributed by atoms with E-state index < -0.39 is 8.32 Å². The summed E-state index contributed by atoms with van der Waals surface area (Å²) in [5, 5.41) is 2.68. The van der Waals surface area contributed by atoms with Gasteiger partial charge in [0.05, 0.1) is 6.10 Å². The van der Waals surface area contributed by atoms with E-state index in [0.717, 1.165) is 38.7 Å². The molecule has 4 atom stereocenters. The molecule has 38 heavy (non-hydrogen) atoms. The quantitative estimate of drug-likeness (QED) is 0.124. The molecule has 4 rings (SSSR count). The highest BCUT2D eigenvalue weighted by Crippen LogP contribution is 2.58. The van der Waals surface area contributed by atoms with E-state index in [0.29, 0.717) is 18.6 Å². The lowest BCUT2D eigenvalue weighted by Gasteiger charge is -2.49.